The molecule has 0 spiro atoms. The Hall–Kier alpha value is -4.32. The second kappa shape index (κ2) is 7.97. The molecule has 0 saturated carbocycles. The lowest BCUT2D eigenvalue weighted by Gasteiger charge is -2.04. The third kappa shape index (κ3) is 3.42. The second-order valence-corrected chi connectivity index (χ2v) is 6.66. The van der Waals surface area contributed by atoms with E-state index in [-0.39, 0.29) is 0 Å². The van der Waals surface area contributed by atoms with Crippen LogP contribution in [0.15, 0.2) is 102 Å². The number of para-hydroxylation sites is 1. The lowest BCUT2D eigenvalue weighted by Crippen LogP contribution is -1.99. The first-order valence-corrected chi connectivity index (χ1v) is 9.59. The largest absolute Gasteiger partial charge is 0.261 e. The van der Waals surface area contributed by atoms with Crippen molar-refractivity contribution in [2.24, 2.45) is 5.10 Å². The topological polar surface area (TPSA) is 68.0 Å². The number of hydrogen-bond acceptors (Lipinski definition) is 5. The highest BCUT2D eigenvalue weighted by molar-refractivity contribution is 5.99. The predicted octanol–water partition coefficient (Wildman–Crippen LogP) is 4.93. The van der Waals surface area contributed by atoms with Crippen LogP contribution >= 0.6 is 0 Å². The lowest BCUT2D eigenvalue weighted by atomic mass is 10.1. The van der Waals surface area contributed by atoms with Gasteiger partial charge in [-0.05, 0) is 17.7 Å². The molecule has 0 bridgehead atoms. The summed E-state index contributed by atoms with van der Waals surface area (Å²) in [5, 5.41) is 10.1. The van der Waals surface area contributed by atoms with Crippen molar-refractivity contribution in [3.63, 3.8) is 0 Å². The van der Waals surface area contributed by atoms with E-state index in [0.29, 0.717) is 11.5 Å². The molecule has 2 aromatic heterocycles. The van der Waals surface area contributed by atoms with Gasteiger partial charge in [0.05, 0.1) is 17.3 Å². The average Bonchev–Trinajstić information content (AvgIpc) is 3.22. The Morgan fingerprint density at radius 1 is 0.767 bits per heavy atom. The molecule has 5 aromatic rings. The summed E-state index contributed by atoms with van der Waals surface area (Å²) in [4.78, 5) is 8.97. The molecule has 5 rings (SSSR count). The molecule has 0 saturated heterocycles. The normalized spacial score (nSPS) is 11.2. The van der Waals surface area contributed by atoms with Crippen LogP contribution in [-0.2, 0) is 0 Å². The molecule has 1 N–H and O–H groups in total. The molecule has 0 atom stereocenters. The number of aromatic nitrogens is 4. The van der Waals surface area contributed by atoms with Gasteiger partial charge < -0.3 is 0 Å². The van der Waals surface area contributed by atoms with Gasteiger partial charge in [0.1, 0.15) is 12.0 Å². The van der Waals surface area contributed by atoms with E-state index in [2.05, 4.69) is 20.5 Å². The molecule has 6 nitrogen and oxygen atoms in total. The third-order valence-electron chi connectivity index (χ3n) is 4.70. The van der Waals surface area contributed by atoms with Crippen LogP contribution in [0.3, 0.4) is 0 Å². The summed E-state index contributed by atoms with van der Waals surface area (Å²) in [5.41, 5.74) is 7.51. The number of benzene rings is 3. The molecule has 6 heteroatoms. The maximum Gasteiger partial charge on any atom is 0.169 e. The van der Waals surface area contributed by atoms with Gasteiger partial charge in [-0.3, -0.25) is 5.43 Å². The standard InChI is InChI=1S/C24H18N6/c1-4-10-18(11-5-1)16-27-28-23-21-22(19-12-6-2-7-13-19)29-30(24(21)26-17-25-23)20-14-8-3-9-15-20/h1-17H,(H,25,26,28)/b27-16+. The zero-order valence-corrected chi connectivity index (χ0v) is 16.1. The van der Waals surface area contributed by atoms with Crippen LogP contribution in [0.5, 0.6) is 0 Å². The number of anilines is 1. The molecule has 0 aliphatic rings. The molecule has 0 radical (unpaired) electrons. The van der Waals surface area contributed by atoms with Crippen molar-refractivity contribution in [1.82, 2.24) is 19.7 Å². The van der Waals surface area contributed by atoms with Gasteiger partial charge in [0.2, 0.25) is 0 Å². The molecule has 0 amide bonds. The molecule has 3 aromatic carbocycles. The Morgan fingerprint density at radius 2 is 1.43 bits per heavy atom. The van der Waals surface area contributed by atoms with Crippen LogP contribution in [0.4, 0.5) is 5.82 Å². The minimum absolute atomic E-state index is 0.605. The number of hydrazone groups is 1. The van der Waals surface area contributed by atoms with Gasteiger partial charge in [0, 0.05) is 5.56 Å². The van der Waals surface area contributed by atoms with Gasteiger partial charge >= 0.3 is 0 Å². The quantitative estimate of drug-likeness (QED) is 0.341. The zero-order chi connectivity index (χ0) is 20.2. The molecule has 0 aliphatic heterocycles. The predicted molar refractivity (Wildman–Crippen MR) is 120 cm³/mol. The summed E-state index contributed by atoms with van der Waals surface area (Å²) in [6.45, 7) is 0. The van der Waals surface area contributed by atoms with E-state index in [9.17, 15) is 0 Å². The third-order valence-corrected chi connectivity index (χ3v) is 4.70. The fourth-order valence-corrected chi connectivity index (χ4v) is 3.29. The van der Waals surface area contributed by atoms with E-state index >= 15 is 0 Å². The van der Waals surface area contributed by atoms with Crippen LogP contribution in [0.25, 0.3) is 28.0 Å². The van der Waals surface area contributed by atoms with Crippen molar-refractivity contribution >= 4 is 23.1 Å². The van der Waals surface area contributed by atoms with Gasteiger partial charge in [-0.15, -0.1) is 0 Å². The lowest BCUT2D eigenvalue weighted by molar-refractivity contribution is 0.899. The van der Waals surface area contributed by atoms with E-state index in [1.165, 1.54) is 6.33 Å². The van der Waals surface area contributed by atoms with E-state index in [0.717, 1.165) is 27.9 Å². The summed E-state index contributed by atoms with van der Waals surface area (Å²) < 4.78 is 1.84. The summed E-state index contributed by atoms with van der Waals surface area (Å²) >= 11 is 0. The van der Waals surface area contributed by atoms with Crippen molar-refractivity contribution < 1.29 is 0 Å². The van der Waals surface area contributed by atoms with Crippen LogP contribution in [-0.4, -0.2) is 26.0 Å². The van der Waals surface area contributed by atoms with Crippen molar-refractivity contribution in [3.05, 3.63) is 103 Å². The monoisotopic (exact) mass is 390 g/mol. The molecule has 2 heterocycles. The highest BCUT2D eigenvalue weighted by Crippen LogP contribution is 2.32. The number of hydrogen-bond donors (Lipinski definition) is 1. The van der Waals surface area contributed by atoms with Crippen molar-refractivity contribution in [2.45, 2.75) is 0 Å². The van der Waals surface area contributed by atoms with Gasteiger partial charge in [0.15, 0.2) is 11.5 Å². The smallest absolute Gasteiger partial charge is 0.169 e. The Bertz CT molecular complexity index is 1300. The molecule has 0 fully saturated rings. The average molecular weight is 390 g/mol. The van der Waals surface area contributed by atoms with Crippen LogP contribution in [0.1, 0.15) is 5.56 Å². The highest BCUT2D eigenvalue weighted by atomic mass is 15.3. The number of nitrogens with one attached hydrogen (secondary N) is 1. The number of fused-ring (bicyclic) bond motifs is 1. The van der Waals surface area contributed by atoms with E-state index in [1.54, 1.807) is 6.21 Å². The first-order chi connectivity index (χ1) is 14.9. The van der Waals surface area contributed by atoms with Crippen molar-refractivity contribution in [3.8, 4) is 16.9 Å². The van der Waals surface area contributed by atoms with Gasteiger partial charge in [-0.2, -0.15) is 10.2 Å². The molecule has 30 heavy (non-hydrogen) atoms. The molecule has 144 valence electrons. The van der Waals surface area contributed by atoms with Crippen molar-refractivity contribution in [2.75, 3.05) is 5.43 Å². The number of nitrogens with zero attached hydrogens (tertiary/aromatic N) is 5. The van der Waals surface area contributed by atoms with Gasteiger partial charge in [-0.1, -0.05) is 78.9 Å². The van der Waals surface area contributed by atoms with E-state index in [1.807, 2.05) is 95.7 Å². The Morgan fingerprint density at radius 3 is 2.17 bits per heavy atom. The Labute approximate surface area is 173 Å². The maximum atomic E-state index is 4.88. The first-order valence-electron chi connectivity index (χ1n) is 9.59. The van der Waals surface area contributed by atoms with E-state index < -0.39 is 0 Å². The summed E-state index contributed by atoms with van der Waals surface area (Å²) in [5.74, 6) is 0.605. The molecule has 0 aliphatic carbocycles. The Kier molecular flexibility index (Phi) is 4.72. The fourth-order valence-electron chi connectivity index (χ4n) is 3.29. The van der Waals surface area contributed by atoms with Crippen LogP contribution in [0.2, 0.25) is 0 Å². The summed E-state index contributed by atoms with van der Waals surface area (Å²) in [6.07, 6.45) is 3.29. The van der Waals surface area contributed by atoms with Gasteiger partial charge in [0.25, 0.3) is 0 Å². The van der Waals surface area contributed by atoms with E-state index in [4.69, 9.17) is 5.10 Å². The molecular weight excluding hydrogens is 372 g/mol. The SMILES string of the molecule is C(=N\Nc1ncnc2c1c(-c1ccccc1)nn2-c1ccccc1)/c1ccccc1. The van der Waals surface area contributed by atoms with Crippen LogP contribution in [0, 0.1) is 0 Å². The summed E-state index contributed by atoms with van der Waals surface area (Å²) in [7, 11) is 0. The first kappa shape index (κ1) is 17.8. The minimum Gasteiger partial charge on any atom is -0.261 e. The zero-order valence-electron chi connectivity index (χ0n) is 16.1. The molecular formula is C24H18N6. The Balaban J connectivity index is 1.65. The molecule has 0 unspecified atom stereocenters. The van der Waals surface area contributed by atoms with Crippen molar-refractivity contribution in [1.29, 1.82) is 0 Å². The second-order valence-electron chi connectivity index (χ2n) is 6.66. The highest BCUT2D eigenvalue weighted by Gasteiger charge is 2.18. The fraction of sp³-hybridized carbons (Fsp3) is 0. The van der Waals surface area contributed by atoms with Crippen LogP contribution < -0.4 is 5.43 Å². The minimum atomic E-state index is 0.605. The van der Waals surface area contributed by atoms with Gasteiger partial charge in [-0.25, -0.2) is 14.6 Å². The number of rotatable bonds is 5. The maximum absolute atomic E-state index is 4.88. The summed E-state index contributed by atoms with van der Waals surface area (Å²) in [6, 6.07) is 29.9.